The molecular weight excluding hydrogens is 290 g/mol. The highest BCUT2D eigenvalue weighted by atomic mass is 16.5. The highest BCUT2D eigenvalue weighted by molar-refractivity contribution is 5.75. The molecule has 0 N–H and O–H groups in total. The predicted molar refractivity (Wildman–Crippen MR) is 89.1 cm³/mol. The Morgan fingerprint density at radius 2 is 1.91 bits per heavy atom. The van der Waals surface area contributed by atoms with Gasteiger partial charge < -0.3 is 14.4 Å². The van der Waals surface area contributed by atoms with Crippen LogP contribution in [0, 0.1) is 0 Å². The van der Waals surface area contributed by atoms with Crippen LogP contribution in [0.3, 0.4) is 0 Å². The number of para-hydroxylation sites is 1. The second-order valence-corrected chi connectivity index (χ2v) is 5.84. The standard InChI is InChI=1S/C18H21N3O2/c1-2-16-19-17-13-5-3-4-6-15(13)23-10-7-14(17)18(20-16)21-8-11-22-12-9-21/h3-6H,2,7-12H2,1H3. The highest BCUT2D eigenvalue weighted by Crippen LogP contribution is 2.37. The molecule has 4 rings (SSSR count). The third-order valence-electron chi connectivity index (χ3n) is 4.41. The average Bonchev–Trinajstić information content (AvgIpc) is 2.81. The van der Waals surface area contributed by atoms with Gasteiger partial charge in [0.05, 0.1) is 25.5 Å². The van der Waals surface area contributed by atoms with Crippen molar-refractivity contribution < 1.29 is 9.47 Å². The van der Waals surface area contributed by atoms with Gasteiger partial charge in [-0.3, -0.25) is 0 Å². The molecule has 0 atom stereocenters. The summed E-state index contributed by atoms with van der Waals surface area (Å²) in [7, 11) is 0. The molecule has 2 aromatic rings. The van der Waals surface area contributed by atoms with E-state index in [4.69, 9.17) is 19.4 Å². The zero-order chi connectivity index (χ0) is 15.6. The lowest BCUT2D eigenvalue weighted by molar-refractivity contribution is 0.122. The molecule has 0 aliphatic carbocycles. The molecule has 1 saturated heterocycles. The van der Waals surface area contributed by atoms with E-state index in [1.165, 1.54) is 5.56 Å². The van der Waals surface area contributed by atoms with Crippen molar-refractivity contribution in [3.63, 3.8) is 0 Å². The van der Waals surface area contributed by atoms with E-state index in [1.807, 2.05) is 18.2 Å². The summed E-state index contributed by atoms with van der Waals surface area (Å²) >= 11 is 0. The van der Waals surface area contributed by atoms with Crippen LogP contribution in [-0.4, -0.2) is 42.9 Å². The number of hydrogen-bond donors (Lipinski definition) is 0. The predicted octanol–water partition coefficient (Wildman–Crippen LogP) is 2.48. The first-order chi connectivity index (χ1) is 11.4. The summed E-state index contributed by atoms with van der Waals surface area (Å²) in [6.45, 7) is 6.05. The smallest absolute Gasteiger partial charge is 0.136 e. The fraction of sp³-hybridized carbons (Fsp3) is 0.444. The van der Waals surface area contributed by atoms with Crippen LogP contribution < -0.4 is 9.64 Å². The molecule has 0 unspecified atom stereocenters. The summed E-state index contributed by atoms with van der Waals surface area (Å²) < 4.78 is 11.4. The Bertz CT molecular complexity index is 711. The Balaban J connectivity index is 1.89. The van der Waals surface area contributed by atoms with Gasteiger partial charge >= 0.3 is 0 Å². The van der Waals surface area contributed by atoms with Crippen LogP contribution in [0.25, 0.3) is 11.3 Å². The van der Waals surface area contributed by atoms with Crippen molar-refractivity contribution >= 4 is 5.82 Å². The molecule has 1 aromatic heterocycles. The van der Waals surface area contributed by atoms with Gasteiger partial charge in [0, 0.05) is 37.1 Å². The molecule has 5 heteroatoms. The van der Waals surface area contributed by atoms with E-state index in [1.54, 1.807) is 0 Å². The van der Waals surface area contributed by atoms with Gasteiger partial charge in [-0.1, -0.05) is 19.1 Å². The number of nitrogens with zero attached hydrogens (tertiary/aromatic N) is 3. The lowest BCUT2D eigenvalue weighted by atomic mass is 10.0. The van der Waals surface area contributed by atoms with Crippen molar-refractivity contribution in [2.45, 2.75) is 19.8 Å². The van der Waals surface area contributed by atoms with Gasteiger partial charge in [0.1, 0.15) is 17.4 Å². The maximum Gasteiger partial charge on any atom is 0.136 e. The van der Waals surface area contributed by atoms with Crippen LogP contribution in [0.1, 0.15) is 18.3 Å². The molecule has 0 bridgehead atoms. The minimum absolute atomic E-state index is 0.663. The minimum atomic E-state index is 0.663. The third kappa shape index (κ3) is 2.65. The molecular formula is C18H21N3O2. The first kappa shape index (κ1) is 14.5. The number of fused-ring (bicyclic) bond motifs is 3. The monoisotopic (exact) mass is 311 g/mol. The number of anilines is 1. The molecule has 3 heterocycles. The minimum Gasteiger partial charge on any atom is -0.493 e. The SMILES string of the molecule is CCc1nc2c(c(N3CCOCC3)n1)CCOc1ccccc1-2. The van der Waals surface area contributed by atoms with E-state index in [0.29, 0.717) is 6.61 Å². The molecule has 1 aromatic carbocycles. The molecule has 120 valence electrons. The number of benzene rings is 1. The zero-order valence-corrected chi connectivity index (χ0v) is 13.4. The molecule has 0 spiro atoms. The molecule has 23 heavy (non-hydrogen) atoms. The molecule has 0 amide bonds. The lowest BCUT2D eigenvalue weighted by Gasteiger charge is -2.30. The number of ether oxygens (including phenoxy) is 2. The van der Waals surface area contributed by atoms with Gasteiger partial charge in [-0.2, -0.15) is 0 Å². The fourth-order valence-electron chi connectivity index (χ4n) is 3.22. The Hall–Kier alpha value is -2.14. The van der Waals surface area contributed by atoms with Crippen LogP contribution in [0.2, 0.25) is 0 Å². The fourth-order valence-corrected chi connectivity index (χ4v) is 3.22. The maximum atomic E-state index is 5.94. The van der Waals surface area contributed by atoms with Gasteiger partial charge in [-0.05, 0) is 12.1 Å². The van der Waals surface area contributed by atoms with Crippen LogP contribution in [0.4, 0.5) is 5.82 Å². The van der Waals surface area contributed by atoms with Gasteiger partial charge in [-0.25, -0.2) is 9.97 Å². The topological polar surface area (TPSA) is 47.5 Å². The number of aryl methyl sites for hydroxylation is 1. The van der Waals surface area contributed by atoms with E-state index in [2.05, 4.69) is 17.9 Å². The van der Waals surface area contributed by atoms with Gasteiger partial charge in [0.25, 0.3) is 0 Å². The second-order valence-electron chi connectivity index (χ2n) is 5.84. The average molecular weight is 311 g/mol. The summed E-state index contributed by atoms with van der Waals surface area (Å²) in [4.78, 5) is 12.0. The first-order valence-electron chi connectivity index (χ1n) is 8.31. The lowest BCUT2D eigenvalue weighted by Crippen LogP contribution is -2.37. The van der Waals surface area contributed by atoms with Crippen molar-refractivity contribution in [2.24, 2.45) is 0 Å². The Morgan fingerprint density at radius 3 is 2.74 bits per heavy atom. The van der Waals surface area contributed by atoms with E-state index in [0.717, 1.165) is 67.8 Å². The Labute approximate surface area is 136 Å². The van der Waals surface area contributed by atoms with Crippen LogP contribution >= 0.6 is 0 Å². The summed E-state index contributed by atoms with van der Waals surface area (Å²) in [6.07, 6.45) is 1.66. The summed E-state index contributed by atoms with van der Waals surface area (Å²) in [5.41, 5.74) is 3.31. The number of rotatable bonds is 2. The molecule has 1 fully saturated rings. The van der Waals surface area contributed by atoms with E-state index < -0.39 is 0 Å². The van der Waals surface area contributed by atoms with Gasteiger partial charge in [0.15, 0.2) is 0 Å². The van der Waals surface area contributed by atoms with Crippen LogP contribution in [0.15, 0.2) is 24.3 Å². The first-order valence-corrected chi connectivity index (χ1v) is 8.31. The Morgan fingerprint density at radius 1 is 1.09 bits per heavy atom. The third-order valence-corrected chi connectivity index (χ3v) is 4.41. The zero-order valence-electron chi connectivity index (χ0n) is 13.4. The van der Waals surface area contributed by atoms with Gasteiger partial charge in [0.2, 0.25) is 0 Å². The van der Waals surface area contributed by atoms with Crippen molar-refractivity contribution in [1.82, 2.24) is 9.97 Å². The number of morpholine rings is 1. The van der Waals surface area contributed by atoms with Crippen molar-refractivity contribution in [1.29, 1.82) is 0 Å². The van der Waals surface area contributed by atoms with Gasteiger partial charge in [-0.15, -0.1) is 0 Å². The molecule has 2 aliphatic heterocycles. The summed E-state index contributed by atoms with van der Waals surface area (Å²) in [5, 5.41) is 0. The van der Waals surface area contributed by atoms with E-state index >= 15 is 0 Å². The van der Waals surface area contributed by atoms with Crippen LogP contribution in [-0.2, 0) is 17.6 Å². The molecule has 0 radical (unpaired) electrons. The van der Waals surface area contributed by atoms with Crippen molar-refractivity contribution in [3.05, 3.63) is 35.7 Å². The van der Waals surface area contributed by atoms with E-state index in [9.17, 15) is 0 Å². The van der Waals surface area contributed by atoms with Crippen LogP contribution in [0.5, 0.6) is 5.75 Å². The second kappa shape index (κ2) is 6.16. The molecule has 5 nitrogen and oxygen atoms in total. The largest absolute Gasteiger partial charge is 0.493 e. The normalized spacial score (nSPS) is 17.0. The molecule has 2 aliphatic rings. The van der Waals surface area contributed by atoms with Crippen molar-refractivity contribution in [2.75, 3.05) is 37.8 Å². The highest BCUT2D eigenvalue weighted by Gasteiger charge is 2.25. The van der Waals surface area contributed by atoms with Crippen molar-refractivity contribution in [3.8, 4) is 17.0 Å². The quantitative estimate of drug-likeness (QED) is 0.853. The van der Waals surface area contributed by atoms with E-state index in [-0.39, 0.29) is 0 Å². The summed E-state index contributed by atoms with van der Waals surface area (Å²) in [6, 6.07) is 8.16. The summed E-state index contributed by atoms with van der Waals surface area (Å²) in [5.74, 6) is 2.87. The number of hydrogen-bond acceptors (Lipinski definition) is 5. The Kier molecular flexibility index (Phi) is 3.87. The maximum absolute atomic E-state index is 5.94. The number of aromatic nitrogens is 2. The molecule has 0 saturated carbocycles.